The highest BCUT2D eigenvalue weighted by atomic mass is 35.5. The summed E-state index contributed by atoms with van der Waals surface area (Å²) in [5.74, 6) is 1.64. The number of rotatable bonds is 3. The molecule has 3 aromatic rings. The van der Waals surface area contributed by atoms with Crippen molar-refractivity contribution in [2.45, 2.75) is 19.8 Å². The molecule has 21 heavy (non-hydrogen) atoms. The van der Waals surface area contributed by atoms with Crippen molar-refractivity contribution in [1.29, 1.82) is 0 Å². The van der Waals surface area contributed by atoms with Crippen LogP contribution in [0.3, 0.4) is 0 Å². The summed E-state index contributed by atoms with van der Waals surface area (Å²) in [6.07, 6.45) is 3.62. The van der Waals surface area contributed by atoms with Crippen molar-refractivity contribution in [3.8, 4) is 0 Å². The van der Waals surface area contributed by atoms with Gasteiger partial charge in [0, 0.05) is 35.5 Å². The smallest absolute Gasteiger partial charge is 0.135 e. The summed E-state index contributed by atoms with van der Waals surface area (Å²) in [6, 6.07) is 9.75. The molecule has 1 aromatic carbocycles. The molecule has 2 aromatic heterocycles. The van der Waals surface area contributed by atoms with Gasteiger partial charge < -0.3 is 5.32 Å². The Morgan fingerprint density at radius 2 is 2.00 bits per heavy atom. The largest absolute Gasteiger partial charge is 0.340 e. The minimum atomic E-state index is 0.221. The van der Waals surface area contributed by atoms with Gasteiger partial charge in [-0.2, -0.15) is 0 Å². The predicted octanol–water partition coefficient (Wildman–Crippen LogP) is 4.55. The minimum absolute atomic E-state index is 0.221. The molecule has 4 nitrogen and oxygen atoms in total. The van der Waals surface area contributed by atoms with Crippen LogP contribution in [-0.2, 0) is 0 Å². The lowest BCUT2D eigenvalue weighted by Gasteiger charge is -2.11. The molecule has 0 saturated carbocycles. The van der Waals surface area contributed by atoms with E-state index < -0.39 is 0 Å². The SMILES string of the molecule is CC(C)c1nc(Cl)cc(Nc2cccc3ccncc23)n1. The zero-order valence-electron chi connectivity index (χ0n) is 11.8. The molecule has 0 aliphatic heterocycles. The van der Waals surface area contributed by atoms with Crippen LogP contribution >= 0.6 is 11.6 Å². The topological polar surface area (TPSA) is 50.7 Å². The van der Waals surface area contributed by atoms with E-state index in [1.807, 2.05) is 38.2 Å². The Balaban J connectivity index is 2.03. The Labute approximate surface area is 128 Å². The predicted molar refractivity (Wildman–Crippen MR) is 86.2 cm³/mol. The average Bonchev–Trinajstić information content (AvgIpc) is 2.47. The second-order valence-electron chi connectivity index (χ2n) is 5.12. The highest BCUT2D eigenvalue weighted by Gasteiger charge is 2.08. The number of benzene rings is 1. The van der Waals surface area contributed by atoms with E-state index in [9.17, 15) is 0 Å². The number of fused-ring (bicyclic) bond motifs is 1. The van der Waals surface area contributed by atoms with Gasteiger partial charge in [-0.15, -0.1) is 0 Å². The third-order valence-electron chi connectivity index (χ3n) is 3.17. The van der Waals surface area contributed by atoms with Crippen molar-refractivity contribution in [2.75, 3.05) is 5.32 Å². The van der Waals surface area contributed by atoms with E-state index in [4.69, 9.17) is 11.6 Å². The maximum Gasteiger partial charge on any atom is 0.135 e. The minimum Gasteiger partial charge on any atom is -0.340 e. The summed E-state index contributed by atoms with van der Waals surface area (Å²) < 4.78 is 0. The molecular weight excluding hydrogens is 284 g/mol. The zero-order valence-corrected chi connectivity index (χ0v) is 12.6. The molecule has 0 radical (unpaired) electrons. The first-order chi connectivity index (χ1) is 10.1. The van der Waals surface area contributed by atoms with Gasteiger partial charge in [-0.05, 0) is 17.5 Å². The van der Waals surface area contributed by atoms with Gasteiger partial charge >= 0.3 is 0 Å². The summed E-state index contributed by atoms with van der Waals surface area (Å²) in [7, 11) is 0. The van der Waals surface area contributed by atoms with Crippen LogP contribution in [0.4, 0.5) is 11.5 Å². The van der Waals surface area contributed by atoms with Crippen LogP contribution in [-0.4, -0.2) is 15.0 Å². The van der Waals surface area contributed by atoms with Gasteiger partial charge in [0.1, 0.15) is 16.8 Å². The third kappa shape index (κ3) is 2.95. The van der Waals surface area contributed by atoms with E-state index in [1.165, 1.54) is 0 Å². The lowest BCUT2D eigenvalue weighted by atomic mass is 10.1. The van der Waals surface area contributed by atoms with E-state index >= 15 is 0 Å². The van der Waals surface area contributed by atoms with Gasteiger partial charge in [0.2, 0.25) is 0 Å². The zero-order chi connectivity index (χ0) is 14.8. The molecule has 0 aliphatic rings. The van der Waals surface area contributed by atoms with E-state index in [2.05, 4.69) is 26.3 Å². The molecule has 0 spiro atoms. The number of hydrogen-bond acceptors (Lipinski definition) is 4. The summed E-state index contributed by atoms with van der Waals surface area (Å²) in [4.78, 5) is 12.9. The van der Waals surface area contributed by atoms with Crippen LogP contribution in [0.1, 0.15) is 25.6 Å². The lowest BCUT2D eigenvalue weighted by Crippen LogP contribution is -2.02. The number of anilines is 2. The van der Waals surface area contributed by atoms with Crippen molar-refractivity contribution < 1.29 is 0 Å². The molecule has 5 heteroatoms. The molecule has 3 rings (SSSR count). The van der Waals surface area contributed by atoms with Crippen molar-refractivity contribution in [3.05, 3.63) is 53.7 Å². The highest BCUT2D eigenvalue weighted by Crippen LogP contribution is 2.26. The second kappa shape index (κ2) is 5.66. The normalized spacial score (nSPS) is 11.0. The quantitative estimate of drug-likeness (QED) is 0.721. The standard InChI is InChI=1S/C16H15ClN4/c1-10(2)16-20-14(17)8-15(21-16)19-13-5-3-4-11-6-7-18-9-12(11)13/h3-10H,1-2H3,(H,19,20,21). The lowest BCUT2D eigenvalue weighted by molar-refractivity contribution is 0.776. The molecule has 0 unspecified atom stereocenters. The van der Waals surface area contributed by atoms with Crippen molar-refractivity contribution in [1.82, 2.24) is 15.0 Å². The van der Waals surface area contributed by atoms with Gasteiger partial charge in [0.25, 0.3) is 0 Å². The molecule has 0 atom stereocenters. The summed E-state index contributed by atoms with van der Waals surface area (Å²) >= 11 is 6.08. The third-order valence-corrected chi connectivity index (χ3v) is 3.37. The number of hydrogen-bond donors (Lipinski definition) is 1. The molecule has 1 N–H and O–H groups in total. The molecule has 0 saturated heterocycles. The van der Waals surface area contributed by atoms with Gasteiger partial charge in [-0.3, -0.25) is 4.98 Å². The Kier molecular flexibility index (Phi) is 3.71. The second-order valence-corrected chi connectivity index (χ2v) is 5.50. The number of halogens is 1. The Morgan fingerprint density at radius 3 is 2.81 bits per heavy atom. The number of pyridine rings is 1. The van der Waals surface area contributed by atoms with Gasteiger partial charge in [-0.1, -0.05) is 37.6 Å². The Hall–Kier alpha value is -2.20. The van der Waals surface area contributed by atoms with Crippen LogP contribution in [0.5, 0.6) is 0 Å². The van der Waals surface area contributed by atoms with Crippen LogP contribution in [0, 0.1) is 0 Å². The van der Waals surface area contributed by atoms with E-state index in [0.29, 0.717) is 11.0 Å². The van der Waals surface area contributed by atoms with Crippen LogP contribution in [0.15, 0.2) is 42.7 Å². The molecular formula is C16H15ClN4. The monoisotopic (exact) mass is 298 g/mol. The Bertz CT molecular complexity index is 781. The van der Waals surface area contributed by atoms with E-state index in [0.717, 1.165) is 22.3 Å². The fourth-order valence-electron chi connectivity index (χ4n) is 2.12. The van der Waals surface area contributed by atoms with Crippen LogP contribution in [0.2, 0.25) is 5.15 Å². The number of nitrogens with zero attached hydrogens (tertiary/aromatic N) is 3. The molecule has 2 heterocycles. The Morgan fingerprint density at radius 1 is 1.14 bits per heavy atom. The highest BCUT2D eigenvalue weighted by molar-refractivity contribution is 6.29. The fourth-order valence-corrected chi connectivity index (χ4v) is 2.31. The van der Waals surface area contributed by atoms with Crippen molar-refractivity contribution >= 4 is 33.9 Å². The number of nitrogens with one attached hydrogen (secondary N) is 1. The van der Waals surface area contributed by atoms with Gasteiger partial charge in [-0.25, -0.2) is 9.97 Å². The first kappa shape index (κ1) is 13.8. The van der Waals surface area contributed by atoms with Crippen LogP contribution in [0.25, 0.3) is 10.8 Å². The summed E-state index contributed by atoms with van der Waals surface area (Å²) in [5, 5.41) is 5.91. The first-order valence-electron chi connectivity index (χ1n) is 6.78. The van der Waals surface area contributed by atoms with E-state index in [1.54, 1.807) is 12.3 Å². The first-order valence-corrected chi connectivity index (χ1v) is 7.15. The number of aromatic nitrogens is 3. The van der Waals surface area contributed by atoms with E-state index in [-0.39, 0.29) is 5.92 Å². The maximum atomic E-state index is 6.08. The summed E-state index contributed by atoms with van der Waals surface area (Å²) in [6.45, 7) is 4.08. The molecule has 106 valence electrons. The van der Waals surface area contributed by atoms with Gasteiger partial charge in [0.15, 0.2) is 0 Å². The molecule has 0 fully saturated rings. The summed E-state index contributed by atoms with van der Waals surface area (Å²) in [5.41, 5.74) is 0.949. The molecule has 0 aliphatic carbocycles. The van der Waals surface area contributed by atoms with Crippen molar-refractivity contribution in [3.63, 3.8) is 0 Å². The maximum absolute atomic E-state index is 6.08. The fraction of sp³-hybridized carbons (Fsp3) is 0.188. The molecule has 0 bridgehead atoms. The van der Waals surface area contributed by atoms with Crippen LogP contribution < -0.4 is 5.32 Å². The average molecular weight is 299 g/mol. The van der Waals surface area contributed by atoms with Crippen molar-refractivity contribution in [2.24, 2.45) is 0 Å². The van der Waals surface area contributed by atoms with Gasteiger partial charge in [0.05, 0.1) is 0 Å². The molecule has 0 amide bonds.